The third-order valence-electron chi connectivity index (χ3n) is 2.32. The number of carbonyl (C=O) groups excluding carboxylic acids is 1. The molecule has 0 aliphatic carbocycles. The molecular formula is C13H17NO3S. The molecule has 1 atom stereocenters. The van der Waals surface area contributed by atoms with Crippen molar-refractivity contribution in [3.05, 3.63) is 28.8 Å². The second kappa shape index (κ2) is 6.56. The minimum atomic E-state index is -1.57. The first-order valence-electron chi connectivity index (χ1n) is 5.66. The van der Waals surface area contributed by atoms with Crippen molar-refractivity contribution in [2.45, 2.75) is 32.6 Å². The number of rotatable bonds is 4. The van der Waals surface area contributed by atoms with Gasteiger partial charge in [0.15, 0.2) is 11.1 Å². The molecule has 1 aromatic carbocycles. The molecule has 1 rings (SSSR count). The van der Waals surface area contributed by atoms with Gasteiger partial charge in [0.2, 0.25) is 0 Å². The maximum absolute atomic E-state index is 12.0. The minimum Gasteiger partial charge on any atom is -0.586 e. The maximum Gasteiger partial charge on any atom is 0.354 e. The fraction of sp³-hybridized carbons (Fsp3) is 0.385. The van der Waals surface area contributed by atoms with Gasteiger partial charge in [-0.15, -0.1) is 0 Å². The highest BCUT2D eigenvalue weighted by molar-refractivity contribution is 7.90. The van der Waals surface area contributed by atoms with Crippen molar-refractivity contribution < 1.29 is 14.1 Å². The molecule has 0 unspecified atom stereocenters. The summed E-state index contributed by atoms with van der Waals surface area (Å²) >= 11 is -1.57. The van der Waals surface area contributed by atoms with Crippen molar-refractivity contribution >= 4 is 23.5 Å². The third kappa shape index (κ3) is 3.85. The second-order valence-electron chi connectivity index (χ2n) is 3.96. The maximum atomic E-state index is 12.0. The lowest BCUT2D eigenvalue weighted by Crippen LogP contribution is -2.09. The number of aryl methyl sites for hydroxylation is 3. The molecule has 0 bridgehead atoms. The summed E-state index contributed by atoms with van der Waals surface area (Å²) < 4.78 is 20.4. The average Bonchev–Trinajstić information content (AvgIpc) is 2.25. The molecule has 18 heavy (non-hydrogen) atoms. The van der Waals surface area contributed by atoms with Crippen molar-refractivity contribution in [1.29, 1.82) is 0 Å². The fourth-order valence-corrected chi connectivity index (χ4v) is 2.72. The first kappa shape index (κ1) is 14.7. The van der Waals surface area contributed by atoms with Gasteiger partial charge in [-0.05, 0) is 27.7 Å². The smallest absolute Gasteiger partial charge is 0.354 e. The first-order valence-corrected chi connectivity index (χ1v) is 6.77. The normalized spacial score (nSPS) is 12.7. The molecule has 4 nitrogen and oxygen atoms in total. The Morgan fingerprint density at radius 3 is 2.44 bits per heavy atom. The number of esters is 1. The summed E-state index contributed by atoms with van der Waals surface area (Å²) in [6.07, 6.45) is 0.971. The lowest BCUT2D eigenvalue weighted by atomic mass is 10.1. The van der Waals surface area contributed by atoms with Gasteiger partial charge in [-0.25, -0.2) is 4.79 Å². The van der Waals surface area contributed by atoms with Crippen LogP contribution in [-0.4, -0.2) is 23.3 Å². The van der Waals surface area contributed by atoms with Gasteiger partial charge in [0, 0.05) is 11.1 Å². The second-order valence-corrected chi connectivity index (χ2v) is 5.08. The van der Waals surface area contributed by atoms with Crippen LogP contribution in [0.2, 0.25) is 0 Å². The highest BCUT2D eigenvalue weighted by Gasteiger charge is 2.17. The Bertz CT molecular complexity index is 448. The van der Waals surface area contributed by atoms with Gasteiger partial charge in [-0.1, -0.05) is 22.1 Å². The molecule has 0 spiro atoms. The Morgan fingerprint density at radius 1 is 1.39 bits per heavy atom. The predicted molar refractivity (Wildman–Crippen MR) is 72.2 cm³/mol. The van der Waals surface area contributed by atoms with E-state index in [4.69, 9.17) is 0 Å². The molecule has 0 saturated heterocycles. The molecule has 0 aliphatic rings. The summed E-state index contributed by atoms with van der Waals surface area (Å²) in [7, 11) is 0. The topological polar surface area (TPSA) is 61.7 Å². The molecule has 1 aromatic rings. The van der Waals surface area contributed by atoms with Crippen LogP contribution in [0.4, 0.5) is 0 Å². The molecular weight excluding hydrogens is 250 g/mol. The van der Waals surface area contributed by atoms with Crippen LogP contribution in [0, 0.1) is 20.8 Å². The van der Waals surface area contributed by atoms with E-state index in [2.05, 4.69) is 9.13 Å². The molecule has 0 saturated carbocycles. The zero-order valence-corrected chi connectivity index (χ0v) is 11.8. The van der Waals surface area contributed by atoms with Crippen molar-refractivity contribution in [3.63, 3.8) is 0 Å². The van der Waals surface area contributed by atoms with Gasteiger partial charge >= 0.3 is 5.97 Å². The predicted octanol–water partition coefficient (Wildman–Crippen LogP) is 2.27. The van der Waals surface area contributed by atoms with Crippen LogP contribution < -0.4 is 0 Å². The molecule has 98 valence electrons. The Labute approximate surface area is 110 Å². The Hall–Kier alpha value is -1.33. The van der Waals surface area contributed by atoms with Gasteiger partial charge in [-0.2, -0.15) is 0 Å². The standard InChI is InChI=1S/C13H17NO3S/c1-5-17-12(15)8-14-18(16)13-10(3)6-9(2)7-11(13)4/h6-8H,5H2,1-4H3/b14-8+/t18-/m0/s1. The SMILES string of the molecule is CCOC(=O)/C=N/[S@@+]([O-])c1c(C)cc(C)cc1C. The monoisotopic (exact) mass is 267 g/mol. The van der Waals surface area contributed by atoms with E-state index in [0.29, 0.717) is 4.90 Å². The third-order valence-corrected chi connectivity index (χ3v) is 3.61. The largest absolute Gasteiger partial charge is 0.586 e. The Balaban J connectivity index is 2.91. The molecule has 0 heterocycles. The van der Waals surface area contributed by atoms with Crippen LogP contribution in [0.15, 0.2) is 21.4 Å². The molecule has 0 fully saturated rings. The van der Waals surface area contributed by atoms with Crippen LogP contribution >= 0.6 is 0 Å². The number of hydrogen-bond acceptors (Lipinski definition) is 4. The molecule has 0 N–H and O–H groups in total. The molecule has 0 amide bonds. The highest BCUT2D eigenvalue weighted by Crippen LogP contribution is 2.23. The van der Waals surface area contributed by atoms with E-state index in [1.54, 1.807) is 6.92 Å². The van der Waals surface area contributed by atoms with Crippen molar-refractivity contribution in [2.24, 2.45) is 4.40 Å². The zero-order chi connectivity index (χ0) is 13.7. The van der Waals surface area contributed by atoms with Crippen LogP contribution in [0.25, 0.3) is 0 Å². The lowest BCUT2D eigenvalue weighted by molar-refractivity contribution is -0.134. The quantitative estimate of drug-likeness (QED) is 0.477. The summed E-state index contributed by atoms with van der Waals surface area (Å²) in [5.74, 6) is -0.576. The van der Waals surface area contributed by atoms with E-state index in [0.717, 1.165) is 22.9 Å². The van der Waals surface area contributed by atoms with Crippen molar-refractivity contribution in [1.82, 2.24) is 0 Å². The van der Waals surface area contributed by atoms with E-state index < -0.39 is 17.3 Å². The number of carbonyl (C=O) groups is 1. The van der Waals surface area contributed by atoms with Crippen molar-refractivity contribution in [2.75, 3.05) is 6.61 Å². The van der Waals surface area contributed by atoms with E-state index >= 15 is 0 Å². The summed E-state index contributed by atoms with van der Waals surface area (Å²) in [5, 5.41) is 0. The first-order chi connectivity index (χ1) is 8.45. The Morgan fingerprint density at radius 2 is 1.94 bits per heavy atom. The lowest BCUT2D eigenvalue weighted by Gasteiger charge is -2.09. The van der Waals surface area contributed by atoms with Gasteiger partial charge in [0.05, 0.1) is 6.61 Å². The van der Waals surface area contributed by atoms with Crippen LogP contribution in [-0.2, 0) is 20.9 Å². The average molecular weight is 267 g/mol. The van der Waals surface area contributed by atoms with Gasteiger partial charge < -0.3 is 9.29 Å². The summed E-state index contributed by atoms with van der Waals surface area (Å²) in [4.78, 5) is 11.8. The Kier molecular flexibility index (Phi) is 5.37. The van der Waals surface area contributed by atoms with E-state index in [9.17, 15) is 9.35 Å². The summed E-state index contributed by atoms with van der Waals surface area (Å²) in [6.45, 7) is 7.73. The summed E-state index contributed by atoms with van der Waals surface area (Å²) in [6, 6.07) is 3.89. The van der Waals surface area contributed by atoms with Crippen LogP contribution in [0.5, 0.6) is 0 Å². The minimum absolute atomic E-state index is 0.278. The van der Waals surface area contributed by atoms with Gasteiger partial charge in [0.25, 0.3) is 0 Å². The van der Waals surface area contributed by atoms with Crippen LogP contribution in [0.3, 0.4) is 0 Å². The summed E-state index contributed by atoms with van der Waals surface area (Å²) in [5.41, 5.74) is 2.93. The molecule has 0 aliphatic heterocycles. The molecule has 0 radical (unpaired) electrons. The fourth-order valence-electron chi connectivity index (χ4n) is 1.77. The number of benzene rings is 1. The number of ether oxygens (including phenoxy) is 1. The number of nitrogens with zero attached hydrogens (tertiary/aromatic N) is 1. The number of hydrogen-bond donors (Lipinski definition) is 0. The van der Waals surface area contributed by atoms with Gasteiger partial charge in [0.1, 0.15) is 11.4 Å². The molecule has 5 heteroatoms. The van der Waals surface area contributed by atoms with Crippen molar-refractivity contribution in [3.8, 4) is 0 Å². The molecule has 0 aromatic heterocycles. The van der Waals surface area contributed by atoms with E-state index in [1.807, 2.05) is 32.9 Å². The van der Waals surface area contributed by atoms with Gasteiger partial charge in [-0.3, -0.25) is 0 Å². The van der Waals surface area contributed by atoms with Crippen LogP contribution in [0.1, 0.15) is 23.6 Å². The van der Waals surface area contributed by atoms with E-state index in [1.165, 1.54) is 0 Å². The highest BCUT2D eigenvalue weighted by atomic mass is 32.2. The zero-order valence-electron chi connectivity index (χ0n) is 11.0. The van der Waals surface area contributed by atoms with E-state index in [-0.39, 0.29) is 6.61 Å².